The van der Waals surface area contributed by atoms with E-state index in [1.165, 1.54) is 5.56 Å². The molecule has 0 aliphatic rings. The summed E-state index contributed by atoms with van der Waals surface area (Å²) >= 11 is 0. The molecule has 0 amide bonds. The minimum atomic E-state index is -0.871. The molecule has 0 fully saturated rings. The average molecular weight is 353 g/mol. The summed E-state index contributed by atoms with van der Waals surface area (Å²) in [7, 11) is 3.20. The van der Waals surface area contributed by atoms with Gasteiger partial charge in [-0.2, -0.15) is 0 Å². The fourth-order valence-electron chi connectivity index (χ4n) is 3.20. The summed E-state index contributed by atoms with van der Waals surface area (Å²) in [6.07, 6.45) is -0.0722. The van der Waals surface area contributed by atoms with E-state index in [9.17, 15) is 9.90 Å². The number of carboxylic acids is 1. The Labute approximate surface area is 152 Å². The number of nitrogens with one attached hydrogen (secondary N) is 1. The third-order valence-electron chi connectivity index (χ3n) is 4.60. The number of rotatable bonds is 6. The number of aromatic nitrogens is 1. The van der Waals surface area contributed by atoms with Crippen molar-refractivity contribution in [2.24, 2.45) is 0 Å². The summed E-state index contributed by atoms with van der Waals surface area (Å²) in [6.45, 7) is 4.24. The lowest BCUT2D eigenvalue weighted by atomic mass is 9.97. The van der Waals surface area contributed by atoms with Gasteiger partial charge in [-0.3, -0.25) is 4.79 Å². The Morgan fingerprint density at radius 2 is 1.88 bits per heavy atom. The van der Waals surface area contributed by atoms with Crippen molar-refractivity contribution in [2.75, 3.05) is 14.2 Å². The van der Waals surface area contributed by atoms with Crippen LogP contribution in [0.25, 0.3) is 22.2 Å². The molecule has 2 N–H and O–H groups in total. The third-order valence-corrected chi connectivity index (χ3v) is 4.60. The molecule has 0 spiro atoms. The average Bonchev–Trinajstić information content (AvgIpc) is 2.98. The van der Waals surface area contributed by atoms with Crippen molar-refractivity contribution in [1.29, 1.82) is 0 Å². The molecule has 3 rings (SSSR count). The number of carboxylic acid groups (broad SMARTS) is 1. The van der Waals surface area contributed by atoms with Gasteiger partial charge in [0.25, 0.3) is 0 Å². The largest absolute Gasteiger partial charge is 0.497 e. The van der Waals surface area contributed by atoms with E-state index in [0.717, 1.165) is 27.7 Å². The first-order chi connectivity index (χ1) is 12.4. The number of H-pyrrole nitrogens is 1. The zero-order chi connectivity index (χ0) is 18.8. The van der Waals surface area contributed by atoms with Gasteiger partial charge in [0, 0.05) is 16.5 Å². The molecule has 1 aromatic heterocycles. The van der Waals surface area contributed by atoms with E-state index in [4.69, 9.17) is 9.47 Å². The highest BCUT2D eigenvalue weighted by Gasteiger charge is 2.20. The van der Waals surface area contributed by atoms with Crippen LogP contribution in [0.1, 0.15) is 30.9 Å². The Morgan fingerprint density at radius 3 is 2.50 bits per heavy atom. The summed E-state index contributed by atoms with van der Waals surface area (Å²) < 4.78 is 10.8. The molecule has 3 aromatic rings. The van der Waals surface area contributed by atoms with Crippen molar-refractivity contribution >= 4 is 16.9 Å². The molecule has 5 nitrogen and oxygen atoms in total. The smallest absolute Gasteiger partial charge is 0.307 e. The number of ether oxygens (including phenoxy) is 2. The van der Waals surface area contributed by atoms with Crippen LogP contribution in [0.2, 0.25) is 0 Å². The van der Waals surface area contributed by atoms with Crippen molar-refractivity contribution in [3.05, 3.63) is 47.5 Å². The van der Waals surface area contributed by atoms with Gasteiger partial charge in [0.2, 0.25) is 0 Å². The van der Waals surface area contributed by atoms with Crippen LogP contribution in [-0.4, -0.2) is 30.3 Å². The van der Waals surface area contributed by atoms with E-state index in [1.807, 2.05) is 24.3 Å². The topological polar surface area (TPSA) is 71.5 Å². The SMILES string of the molecule is COc1ccc(OC)c(-c2[nH]c3ccc(C(C)C)cc3c2CC(=O)O)c1. The predicted octanol–water partition coefficient (Wildman–Crippen LogP) is 4.60. The molecule has 5 heteroatoms. The monoisotopic (exact) mass is 353 g/mol. The van der Waals surface area contributed by atoms with Crippen LogP contribution in [-0.2, 0) is 11.2 Å². The number of methoxy groups -OCH3 is 2. The summed E-state index contributed by atoms with van der Waals surface area (Å²) in [5.41, 5.74) is 4.36. The van der Waals surface area contributed by atoms with E-state index in [1.54, 1.807) is 14.2 Å². The maximum Gasteiger partial charge on any atom is 0.307 e. The van der Waals surface area contributed by atoms with Crippen LogP contribution in [0.4, 0.5) is 0 Å². The summed E-state index contributed by atoms with van der Waals surface area (Å²) in [6, 6.07) is 11.7. The Bertz CT molecular complexity index is 956. The van der Waals surface area contributed by atoms with Crippen LogP contribution < -0.4 is 9.47 Å². The molecule has 0 aliphatic heterocycles. The number of aliphatic carboxylic acids is 1. The minimum absolute atomic E-state index is 0.0722. The molecular weight excluding hydrogens is 330 g/mol. The van der Waals surface area contributed by atoms with Crippen LogP contribution in [0.5, 0.6) is 11.5 Å². The van der Waals surface area contributed by atoms with Gasteiger partial charge in [0.1, 0.15) is 11.5 Å². The zero-order valence-corrected chi connectivity index (χ0v) is 15.4. The van der Waals surface area contributed by atoms with Crippen molar-refractivity contribution in [3.63, 3.8) is 0 Å². The Kier molecular flexibility index (Phi) is 4.89. The molecule has 0 aliphatic carbocycles. The van der Waals surface area contributed by atoms with Gasteiger partial charge >= 0.3 is 5.97 Å². The van der Waals surface area contributed by atoms with E-state index >= 15 is 0 Å². The molecule has 0 radical (unpaired) electrons. The first kappa shape index (κ1) is 17.9. The first-order valence-corrected chi connectivity index (χ1v) is 8.53. The molecule has 0 bridgehead atoms. The van der Waals surface area contributed by atoms with E-state index < -0.39 is 5.97 Å². The second-order valence-electron chi connectivity index (χ2n) is 6.58. The maximum atomic E-state index is 11.5. The highest BCUT2D eigenvalue weighted by molar-refractivity contribution is 5.95. The number of hydrogen-bond donors (Lipinski definition) is 2. The fourth-order valence-corrected chi connectivity index (χ4v) is 3.20. The molecule has 0 atom stereocenters. The minimum Gasteiger partial charge on any atom is -0.497 e. The molecule has 0 saturated heterocycles. The Morgan fingerprint density at radius 1 is 1.12 bits per heavy atom. The Hall–Kier alpha value is -2.95. The van der Waals surface area contributed by atoms with Crippen molar-refractivity contribution in [2.45, 2.75) is 26.2 Å². The molecule has 0 unspecified atom stereocenters. The molecule has 26 heavy (non-hydrogen) atoms. The lowest BCUT2D eigenvalue weighted by Gasteiger charge is -2.11. The summed E-state index contributed by atoms with van der Waals surface area (Å²) in [5.74, 6) is 0.836. The maximum absolute atomic E-state index is 11.5. The number of benzene rings is 2. The number of hydrogen-bond acceptors (Lipinski definition) is 3. The van der Waals surface area contributed by atoms with Gasteiger partial charge in [0.15, 0.2) is 0 Å². The van der Waals surface area contributed by atoms with E-state index in [-0.39, 0.29) is 6.42 Å². The Balaban J connectivity index is 2.30. The normalized spacial score (nSPS) is 11.1. The predicted molar refractivity (Wildman–Crippen MR) is 102 cm³/mol. The van der Waals surface area contributed by atoms with E-state index in [2.05, 4.69) is 31.0 Å². The highest BCUT2D eigenvalue weighted by atomic mass is 16.5. The molecule has 1 heterocycles. The van der Waals surface area contributed by atoms with Gasteiger partial charge < -0.3 is 19.6 Å². The van der Waals surface area contributed by atoms with E-state index in [0.29, 0.717) is 17.4 Å². The van der Waals surface area contributed by atoms with Crippen molar-refractivity contribution in [1.82, 2.24) is 4.98 Å². The fraction of sp³-hybridized carbons (Fsp3) is 0.286. The summed E-state index contributed by atoms with van der Waals surface area (Å²) in [5, 5.41) is 10.4. The van der Waals surface area contributed by atoms with Gasteiger partial charge in [-0.1, -0.05) is 19.9 Å². The van der Waals surface area contributed by atoms with Crippen LogP contribution in [0.15, 0.2) is 36.4 Å². The second-order valence-corrected chi connectivity index (χ2v) is 6.58. The number of carbonyl (C=O) groups is 1. The standard InChI is InChI=1S/C21H23NO4/c1-12(2)13-5-7-18-15(9-13)16(11-20(23)24)21(22-18)17-10-14(25-3)6-8-19(17)26-4/h5-10,12,22H,11H2,1-4H3,(H,23,24). The second kappa shape index (κ2) is 7.12. The van der Waals surface area contributed by atoms with Gasteiger partial charge in [-0.25, -0.2) is 0 Å². The van der Waals surface area contributed by atoms with Crippen LogP contribution in [0.3, 0.4) is 0 Å². The summed E-state index contributed by atoms with van der Waals surface area (Å²) in [4.78, 5) is 14.9. The zero-order valence-electron chi connectivity index (χ0n) is 15.4. The molecular formula is C21H23NO4. The van der Waals surface area contributed by atoms with Gasteiger partial charge in [-0.15, -0.1) is 0 Å². The van der Waals surface area contributed by atoms with Crippen LogP contribution in [0, 0.1) is 0 Å². The first-order valence-electron chi connectivity index (χ1n) is 8.53. The van der Waals surface area contributed by atoms with Crippen molar-refractivity contribution in [3.8, 4) is 22.8 Å². The van der Waals surface area contributed by atoms with Crippen LogP contribution >= 0.6 is 0 Å². The van der Waals surface area contributed by atoms with Crippen molar-refractivity contribution < 1.29 is 19.4 Å². The lowest BCUT2D eigenvalue weighted by molar-refractivity contribution is -0.136. The molecule has 136 valence electrons. The quantitative estimate of drug-likeness (QED) is 0.679. The third kappa shape index (κ3) is 3.25. The van der Waals surface area contributed by atoms with Gasteiger partial charge in [-0.05, 0) is 47.4 Å². The molecule has 2 aromatic carbocycles. The molecule has 0 saturated carbocycles. The number of aromatic amines is 1. The lowest BCUT2D eigenvalue weighted by Crippen LogP contribution is -2.02. The number of fused-ring (bicyclic) bond motifs is 1. The van der Waals surface area contributed by atoms with Gasteiger partial charge in [0.05, 0.1) is 26.3 Å². The highest BCUT2D eigenvalue weighted by Crippen LogP contribution is 2.38.